The minimum Gasteiger partial charge on any atom is -0.463 e. The quantitative estimate of drug-likeness (QED) is 0.268. The summed E-state index contributed by atoms with van der Waals surface area (Å²) >= 11 is 0. The monoisotopic (exact) mass is 368 g/mol. The van der Waals surface area contributed by atoms with Gasteiger partial charge in [0.25, 0.3) is 0 Å². The molecular formula is C14H24O7S2. The second-order valence-electron chi connectivity index (χ2n) is 5.85. The predicted octanol–water partition coefficient (Wildman–Crippen LogP) is 0.0452. The Labute approximate surface area is 143 Å². The highest BCUT2D eigenvalue weighted by atomic mass is 33.1. The number of aliphatic hydroxyl groups excluding tert-OH is 3. The SMILES string of the molecule is O=C(CCCCC1CCSS1)OCC1OC(O)(CO)C(O)C1O. The van der Waals surface area contributed by atoms with Crippen molar-refractivity contribution in [1.29, 1.82) is 0 Å². The number of unbranched alkanes of at least 4 members (excludes halogenated alkanes) is 1. The van der Waals surface area contributed by atoms with Crippen molar-refractivity contribution < 1.29 is 34.7 Å². The van der Waals surface area contributed by atoms with Crippen molar-refractivity contribution in [2.45, 2.75) is 61.5 Å². The third-order valence-electron chi connectivity index (χ3n) is 4.04. The zero-order chi connectivity index (χ0) is 16.9. The van der Waals surface area contributed by atoms with Gasteiger partial charge in [0, 0.05) is 17.4 Å². The fraction of sp³-hybridized carbons (Fsp3) is 0.929. The molecule has 5 atom stereocenters. The van der Waals surface area contributed by atoms with E-state index in [2.05, 4.69) is 0 Å². The summed E-state index contributed by atoms with van der Waals surface area (Å²) in [6.07, 6.45) is 0.224. The van der Waals surface area contributed by atoms with E-state index < -0.39 is 36.7 Å². The molecule has 2 aliphatic heterocycles. The summed E-state index contributed by atoms with van der Waals surface area (Å²) in [7, 11) is 3.82. The fourth-order valence-corrected chi connectivity index (χ4v) is 5.62. The molecule has 0 saturated carbocycles. The van der Waals surface area contributed by atoms with Crippen LogP contribution in [0.5, 0.6) is 0 Å². The molecular weight excluding hydrogens is 344 g/mol. The number of rotatable bonds is 8. The second kappa shape index (κ2) is 8.89. The first-order valence-corrected chi connectivity index (χ1v) is 10.2. The van der Waals surface area contributed by atoms with E-state index in [1.54, 1.807) is 0 Å². The molecule has 23 heavy (non-hydrogen) atoms. The average Bonchev–Trinajstić information content (AvgIpc) is 3.13. The maximum Gasteiger partial charge on any atom is 0.305 e. The molecule has 4 N–H and O–H groups in total. The molecule has 5 unspecified atom stereocenters. The van der Waals surface area contributed by atoms with Gasteiger partial charge in [-0.05, 0) is 19.3 Å². The van der Waals surface area contributed by atoms with Crippen LogP contribution in [-0.4, -0.2) is 74.7 Å². The molecule has 0 aromatic carbocycles. The van der Waals surface area contributed by atoms with Crippen LogP contribution in [-0.2, 0) is 14.3 Å². The van der Waals surface area contributed by atoms with Gasteiger partial charge in [0.1, 0.15) is 24.9 Å². The van der Waals surface area contributed by atoms with E-state index >= 15 is 0 Å². The largest absolute Gasteiger partial charge is 0.463 e. The lowest BCUT2D eigenvalue weighted by Crippen LogP contribution is -2.46. The Kier molecular flexibility index (Phi) is 7.46. The van der Waals surface area contributed by atoms with Gasteiger partial charge in [-0.15, -0.1) is 0 Å². The van der Waals surface area contributed by atoms with Gasteiger partial charge in [0.05, 0.1) is 6.61 Å². The molecule has 7 nitrogen and oxygen atoms in total. The molecule has 2 aliphatic rings. The fourth-order valence-electron chi connectivity index (χ4n) is 2.59. The molecule has 0 aliphatic carbocycles. The van der Waals surface area contributed by atoms with Crippen LogP contribution in [0.1, 0.15) is 32.1 Å². The summed E-state index contributed by atoms with van der Waals surface area (Å²) in [6.45, 7) is -1.12. The Morgan fingerprint density at radius 1 is 1.35 bits per heavy atom. The third kappa shape index (κ3) is 5.22. The lowest BCUT2D eigenvalue weighted by Gasteiger charge is -2.22. The Morgan fingerprint density at radius 3 is 2.74 bits per heavy atom. The molecule has 2 heterocycles. The van der Waals surface area contributed by atoms with E-state index in [-0.39, 0.29) is 6.61 Å². The summed E-state index contributed by atoms with van der Waals surface area (Å²) in [4.78, 5) is 11.7. The molecule has 2 fully saturated rings. The van der Waals surface area contributed by atoms with Gasteiger partial charge in [0.2, 0.25) is 5.79 Å². The van der Waals surface area contributed by atoms with Crippen molar-refractivity contribution in [3.63, 3.8) is 0 Å². The summed E-state index contributed by atoms with van der Waals surface area (Å²) < 4.78 is 10.0. The number of aliphatic hydroxyl groups is 4. The normalized spacial score (nSPS) is 37.2. The molecule has 2 rings (SSSR count). The van der Waals surface area contributed by atoms with E-state index in [0.717, 1.165) is 19.3 Å². The lowest BCUT2D eigenvalue weighted by molar-refractivity contribution is -0.248. The first-order valence-electron chi connectivity index (χ1n) is 7.77. The standard InChI is InChI=1S/C14H24O7S2/c15-8-14(19)13(18)12(17)10(21-14)7-20-11(16)4-2-1-3-9-5-6-22-23-9/h9-10,12-13,15,17-19H,1-8H2. The van der Waals surface area contributed by atoms with Crippen molar-refractivity contribution in [2.24, 2.45) is 0 Å². The highest BCUT2D eigenvalue weighted by Crippen LogP contribution is 2.39. The van der Waals surface area contributed by atoms with Crippen molar-refractivity contribution in [1.82, 2.24) is 0 Å². The Hall–Kier alpha value is -0.0300. The van der Waals surface area contributed by atoms with E-state index in [0.29, 0.717) is 11.7 Å². The zero-order valence-electron chi connectivity index (χ0n) is 12.8. The molecule has 0 radical (unpaired) electrons. The smallest absolute Gasteiger partial charge is 0.305 e. The van der Waals surface area contributed by atoms with Crippen LogP contribution >= 0.6 is 21.6 Å². The van der Waals surface area contributed by atoms with E-state index in [4.69, 9.17) is 14.6 Å². The lowest BCUT2D eigenvalue weighted by atomic mass is 10.1. The number of esters is 1. The van der Waals surface area contributed by atoms with Crippen LogP contribution in [0.25, 0.3) is 0 Å². The van der Waals surface area contributed by atoms with E-state index in [9.17, 15) is 20.1 Å². The number of carbonyl (C=O) groups excluding carboxylic acids is 1. The molecule has 0 amide bonds. The number of ether oxygens (including phenoxy) is 2. The maximum absolute atomic E-state index is 11.7. The molecule has 0 aromatic rings. The Bertz CT molecular complexity index is 391. The number of carbonyl (C=O) groups is 1. The Morgan fingerprint density at radius 2 is 2.13 bits per heavy atom. The van der Waals surface area contributed by atoms with Gasteiger partial charge in [-0.25, -0.2) is 0 Å². The van der Waals surface area contributed by atoms with Gasteiger partial charge >= 0.3 is 5.97 Å². The number of hydrogen-bond donors (Lipinski definition) is 4. The van der Waals surface area contributed by atoms with Crippen LogP contribution in [0.15, 0.2) is 0 Å². The van der Waals surface area contributed by atoms with Crippen molar-refractivity contribution in [3.05, 3.63) is 0 Å². The summed E-state index contributed by atoms with van der Waals surface area (Å²) in [5, 5.41) is 38.7. The third-order valence-corrected chi connectivity index (χ3v) is 7.05. The maximum atomic E-state index is 11.7. The highest BCUT2D eigenvalue weighted by Gasteiger charge is 2.53. The molecule has 0 aromatic heterocycles. The van der Waals surface area contributed by atoms with Crippen molar-refractivity contribution in [3.8, 4) is 0 Å². The van der Waals surface area contributed by atoms with Crippen LogP contribution in [0, 0.1) is 0 Å². The summed E-state index contributed by atoms with van der Waals surface area (Å²) in [5.74, 6) is -1.41. The molecule has 0 bridgehead atoms. The molecule has 134 valence electrons. The van der Waals surface area contributed by atoms with Crippen LogP contribution < -0.4 is 0 Å². The zero-order valence-corrected chi connectivity index (χ0v) is 14.4. The van der Waals surface area contributed by atoms with E-state index in [1.807, 2.05) is 21.6 Å². The van der Waals surface area contributed by atoms with E-state index in [1.165, 1.54) is 12.2 Å². The Balaban J connectivity index is 1.60. The minimum atomic E-state index is -2.21. The minimum absolute atomic E-state index is 0.269. The first kappa shape index (κ1) is 19.3. The molecule has 2 saturated heterocycles. The first-order chi connectivity index (χ1) is 11.0. The van der Waals surface area contributed by atoms with Gasteiger partial charge in [-0.2, -0.15) is 0 Å². The van der Waals surface area contributed by atoms with Crippen molar-refractivity contribution in [2.75, 3.05) is 19.0 Å². The number of hydrogen-bond acceptors (Lipinski definition) is 9. The summed E-state index contributed by atoms with van der Waals surface area (Å²) in [5.41, 5.74) is 0. The van der Waals surface area contributed by atoms with Gasteiger partial charge in [-0.3, -0.25) is 4.79 Å². The average molecular weight is 368 g/mol. The second-order valence-corrected chi connectivity index (χ2v) is 8.64. The van der Waals surface area contributed by atoms with Crippen LogP contribution in [0.4, 0.5) is 0 Å². The van der Waals surface area contributed by atoms with Gasteiger partial charge in [-0.1, -0.05) is 28.0 Å². The highest BCUT2D eigenvalue weighted by molar-refractivity contribution is 8.77. The van der Waals surface area contributed by atoms with Crippen molar-refractivity contribution >= 4 is 27.6 Å². The van der Waals surface area contributed by atoms with Crippen LogP contribution in [0.2, 0.25) is 0 Å². The predicted molar refractivity (Wildman–Crippen MR) is 86.8 cm³/mol. The van der Waals surface area contributed by atoms with Gasteiger partial charge < -0.3 is 29.9 Å². The summed E-state index contributed by atoms with van der Waals surface area (Å²) in [6, 6.07) is 0. The van der Waals surface area contributed by atoms with Gasteiger partial charge in [0.15, 0.2) is 0 Å². The molecule has 0 spiro atoms. The molecule has 9 heteroatoms. The topological polar surface area (TPSA) is 116 Å². The van der Waals surface area contributed by atoms with Crippen LogP contribution in [0.3, 0.4) is 0 Å².